The Labute approximate surface area is 173 Å². The van der Waals surface area contributed by atoms with Crippen LogP contribution in [0.5, 0.6) is 17.2 Å². The Morgan fingerprint density at radius 3 is 1.50 bits per heavy atom. The van der Waals surface area contributed by atoms with Crippen molar-refractivity contribution < 1.29 is 38.1 Å². The highest BCUT2D eigenvalue weighted by atomic mass is 31.2. The Balaban J connectivity index is 1.75. The van der Waals surface area contributed by atoms with Crippen LogP contribution in [0.4, 0.5) is 0 Å². The summed E-state index contributed by atoms with van der Waals surface area (Å²) in [5.41, 5.74) is 2.03. The van der Waals surface area contributed by atoms with Gasteiger partial charge in [-0.25, -0.2) is 9.36 Å². The van der Waals surface area contributed by atoms with Gasteiger partial charge in [-0.05, 0) is 62.4 Å². The number of carbonyl (C=O) groups is 1. The van der Waals surface area contributed by atoms with Gasteiger partial charge in [0.1, 0.15) is 5.75 Å². The second-order valence-electron chi connectivity index (χ2n) is 6.31. The summed E-state index contributed by atoms with van der Waals surface area (Å²) < 4.78 is 28.2. The van der Waals surface area contributed by atoms with Crippen molar-refractivity contribution in [2.24, 2.45) is 0 Å². The van der Waals surface area contributed by atoms with Gasteiger partial charge >= 0.3 is 13.8 Å². The summed E-state index contributed by atoms with van der Waals surface area (Å²) in [6.07, 6.45) is 0. The molecular formula is C21H19O8P. The molecule has 0 radical (unpaired) electrons. The van der Waals surface area contributed by atoms with Gasteiger partial charge in [0, 0.05) is 0 Å². The van der Waals surface area contributed by atoms with Crippen molar-refractivity contribution in [3.8, 4) is 17.2 Å². The first-order chi connectivity index (χ1) is 14.3. The molecule has 0 aliphatic heterocycles. The Hall–Kier alpha value is -3.32. The Morgan fingerprint density at radius 1 is 0.700 bits per heavy atom. The molecular weight excluding hydrogens is 411 g/mol. The molecule has 1 N–H and O–H groups in total. The van der Waals surface area contributed by atoms with E-state index in [9.17, 15) is 9.36 Å². The van der Waals surface area contributed by atoms with E-state index in [0.717, 1.165) is 11.1 Å². The fourth-order valence-electron chi connectivity index (χ4n) is 2.20. The number of benzene rings is 3. The van der Waals surface area contributed by atoms with E-state index >= 15 is 0 Å². The highest BCUT2D eigenvalue weighted by Crippen LogP contribution is 2.50. The Morgan fingerprint density at radius 2 is 1.10 bits per heavy atom. The smallest absolute Gasteiger partial charge is 0.478 e. The monoisotopic (exact) mass is 430 g/mol. The van der Waals surface area contributed by atoms with Crippen LogP contribution in [0.3, 0.4) is 0 Å². The predicted molar refractivity (Wildman–Crippen MR) is 107 cm³/mol. The number of carboxylic acid groups (broad SMARTS) is 1. The van der Waals surface area contributed by atoms with Crippen LogP contribution in [0, 0.1) is 13.8 Å². The third kappa shape index (κ3) is 6.09. The zero-order valence-electron chi connectivity index (χ0n) is 16.2. The minimum absolute atomic E-state index is 0.0309. The van der Waals surface area contributed by atoms with E-state index < -0.39 is 13.8 Å². The maximum atomic E-state index is 13.0. The van der Waals surface area contributed by atoms with Gasteiger partial charge < -0.3 is 19.4 Å². The van der Waals surface area contributed by atoms with E-state index in [4.69, 9.17) is 28.8 Å². The lowest BCUT2D eigenvalue weighted by atomic mass is 10.2. The molecule has 30 heavy (non-hydrogen) atoms. The summed E-state index contributed by atoms with van der Waals surface area (Å²) in [6.45, 7) is 3.80. The lowest BCUT2D eigenvalue weighted by Crippen LogP contribution is -2.08. The van der Waals surface area contributed by atoms with Gasteiger partial charge in [0.15, 0.2) is 11.5 Å². The van der Waals surface area contributed by atoms with Crippen molar-refractivity contribution in [1.82, 2.24) is 0 Å². The molecule has 0 unspecified atom stereocenters. The van der Waals surface area contributed by atoms with Gasteiger partial charge in [0.25, 0.3) is 0 Å². The van der Waals surface area contributed by atoms with Crippen LogP contribution in [-0.2, 0) is 13.9 Å². The van der Waals surface area contributed by atoms with Crippen molar-refractivity contribution in [3.05, 3.63) is 89.5 Å². The summed E-state index contributed by atoms with van der Waals surface area (Å²) in [4.78, 5) is 21.1. The molecule has 0 aliphatic carbocycles. The zero-order valence-corrected chi connectivity index (χ0v) is 17.1. The van der Waals surface area contributed by atoms with E-state index in [1.54, 1.807) is 48.5 Å². The van der Waals surface area contributed by atoms with Crippen molar-refractivity contribution >= 4 is 13.8 Å². The van der Waals surface area contributed by atoms with Crippen molar-refractivity contribution in [2.75, 3.05) is 0 Å². The van der Waals surface area contributed by atoms with Gasteiger partial charge in [0.05, 0.1) is 5.56 Å². The maximum absolute atomic E-state index is 13.0. The van der Waals surface area contributed by atoms with E-state index in [2.05, 4.69) is 0 Å². The summed E-state index contributed by atoms with van der Waals surface area (Å²) in [5.74, 6) is -0.542. The highest BCUT2D eigenvalue weighted by molar-refractivity contribution is 7.48. The molecule has 0 spiro atoms. The molecule has 0 aliphatic rings. The van der Waals surface area contributed by atoms with E-state index in [-0.39, 0.29) is 22.8 Å². The number of hydrogen-bond donors (Lipinski definition) is 1. The molecule has 3 rings (SSSR count). The number of hydrogen-bond acceptors (Lipinski definition) is 7. The van der Waals surface area contributed by atoms with Crippen molar-refractivity contribution in [3.63, 3.8) is 0 Å². The predicted octanol–water partition coefficient (Wildman–Crippen LogP) is 5.51. The molecule has 156 valence electrons. The van der Waals surface area contributed by atoms with Gasteiger partial charge in [-0.3, -0.25) is 0 Å². The molecule has 0 fully saturated rings. The average Bonchev–Trinajstić information content (AvgIpc) is 2.73. The fourth-order valence-corrected chi connectivity index (χ4v) is 3.02. The van der Waals surface area contributed by atoms with Gasteiger partial charge in [0.2, 0.25) is 0 Å². The van der Waals surface area contributed by atoms with Crippen LogP contribution in [-0.4, -0.2) is 11.1 Å². The van der Waals surface area contributed by atoms with E-state index in [1.165, 1.54) is 24.3 Å². The fraction of sp³-hybridized carbons (Fsp3) is 0.0952. The molecule has 0 amide bonds. The standard InChI is InChI=1S/C21H19O8P/c1-15-3-9-18(10-4-15)25-28-30(24,29-26-19-11-5-16(2)6-12-19)27-20-13-7-17(8-14-20)21(22)23/h3-14H,1-2H3,(H,22,23). The quantitative estimate of drug-likeness (QED) is 0.269. The molecule has 0 aromatic heterocycles. The first-order valence-corrected chi connectivity index (χ1v) is 10.3. The average molecular weight is 430 g/mol. The zero-order chi connectivity index (χ0) is 21.6. The summed E-state index contributed by atoms with van der Waals surface area (Å²) >= 11 is 0. The lowest BCUT2D eigenvalue weighted by Gasteiger charge is -2.16. The first-order valence-electron chi connectivity index (χ1n) is 8.82. The highest BCUT2D eigenvalue weighted by Gasteiger charge is 2.35. The SMILES string of the molecule is Cc1ccc(OOP(=O)(OOc2ccc(C)cc2)Oc2ccc(C(=O)O)cc2)cc1. The van der Waals surface area contributed by atoms with Crippen LogP contribution >= 0.6 is 7.82 Å². The van der Waals surface area contributed by atoms with Gasteiger partial charge in [-0.15, -0.1) is 0 Å². The maximum Gasteiger partial charge on any atom is 0.604 e. The summed E-state index contributed by atoms with van der Waals surface area (Å²) in [5, 5.41) is 8.98. The lowest BCUT2D eigenvalue weighted by molar-refractivity contribution is -0.185. The first kappa shape index (κ1) is 21.4. The Bertz CT molecular complexity index is 977. The number of rotatable bonds is 9. The van der Waals surface area contributed by atoms with Crippen LogP contribution in [0.2, 0.25) is 0 Å². The minimum atomic E-state index is -4.43. The molecule has 3 aromatic rings. The van der Waals surface area contributed by atoms with Crippen LogP contribution in [0.1, 0.15) is 21.5 Å². The topological polar surface area (TPSA) is 101 Å². The molecule has 0 heterocycles. The van der Waals surface area contributed by atoms with E-state index in [1.807, 2.05) is 13.8 Å². The third-order valence-electron chi connectivity index (χ3n) is 3.81. The van der Waals surface area contributed by atoms with Gasteiger partial charge in [-0.1, -0.05) is 44.7 Å². The number of aromatic carboxylic acids is 1. The summed E-state index contributed by atoms with van der Waals surface area (Å²) in [7, 11) is -4.43. The van der Waals surface area contributed by atoms with Crippen LogP contribution < -0.4 is 14.3 Å². The second-order valence-corrected chi connectivity index (χ2v) is 7.69. The molecule has 0 saturated carbocycles. The largest absolute Gasteiger partial charge is 0.604 e. The van der Waals surface area contributed by atoms with Crippen LogP contribution in [0.25, 0.3) is 0 Å². The molecule has 0 bridgehead atoms. The molecule has 9 heteroatoms. The molecule has 0 saturated heterocycles. The van der Waals surface area contributed by atoms with Gasteiger partial charge in [-0.2, -0.15) is 0 Å². The molecule has 3 aromatic carbocycles. The number of phosphoric acid groups is 1. The van der Waals surface area contributed by atoms with Crippen molar-refractivity contribution in [2.45, 2.75) is 13.8 Å². The summed E-state index contributed by atoms with van der Waals surface area (Å²) in [6, 6.07) is 18.7. The molecule has 8 nitrogen and oxygen atoms in total. The van der Waals surface area contributed by atoms with Crippen molar-refractivity contribution in [1.29, 1.82) is 0 Å². The van der Waals surface area contributed by atoms with Crippen LogP contribution in [0.15, 0.2) is 72.8 Å². The van der Waals surface area contributed by atoms with E-state index in [0.29, 0.717) is 0 Å². The molecule has 0 atom stereocenters. The number of carboxylic acids is 1. The number of aryl methyl sites for hydroxylation is 2. The second kappa shape index (κ2) is 9.45. The Kier molecular flexibility index (Phi) is 6.74. The minimum Gasteiger partial charge on any atom is -0.478 e. The third-order valence-corrected chi connectivity index (χ3v) is 4.76. The normalized spacial score (nSPS) is 11.0.